The topological polar surface area (TPSA) is 49.8 Å². The summed E-state index contributed by atoms with van der Waals surface area (Å²) in [6.45, 7) is 1.86. The fourth-order valence-electron chi connectivity index (χ4n) is 0.923. The molecule has 2 heteroatoms. The monoisotopic (exact) mass is 146 g/mol. The van der Waals surface area contributed by atoms with Gasteiger partial charge in [-0.25, -0.2) is 0 Å². The van der Waals surface area contributed by atoms with Crippen LogP contribution in [0.2, 0.25) is 0 Å². The lowest BCUT2D eigenvalue weighted by atomic mass is 10.0. The van der Waals surface area contributed by atoms with Gasteiger partial charge in [-0.05, 0) is 19.1 Å². The van der Waals surface area contributed by atoms with Crippen LogP contribution in [0.25, 0.3) is 0 Å². The second-order valence-electron chi connectivity index (χ2n) is 2.80. The van der Waals surface area contributed by atoms with Crippen molar-refractivity contribution >= 4 is 0 Å². The third-order valence-electron chi connectivity index (χ3n) is 1.44. The summed E-state index contributed by atoms with van der Waals surface area (Å²) in [6.07, 6.45) is 9.00. The highest BCUT2D eigenvalue weighted by molar-refractivity contribution is 5.41. The predicted molar refractivity (Wildman–Crippen MR) is 44.6 cm³/mol. The summed E-state index contributed by atoms with van der Waals surface area (Å²) in [5.74, 6) is 0. The number of rotatable bonds is 0. The van der Waals surface area contributed by atoms with Crippen LogP contribution in [0.3, 0.4) is 0 Å². The Hall–Kier alpha value is -1.33. The van der Waals surface area contributed by atoms with Crippen LogP contribution in [0.15, 0.2) is 36.0 Å². The zero-order valence-corrected chi connectivity index (χ0v) is 6.41. The first-order valence-electron chi connectivity index (χ1n) is 3.42. The van der Waals surface area contributed by atoms with Gasteiger partial charge in [0, 0.05) is 0 Å². The number of allylic oxidation sites excluding steroid dienone is 4. The van der Waals surface area contributed by atoms with Gasteiger partial charge in [-0.2, -0.15) is 5.26 Å². The minimum atomic E-state index is -0.492. The molecule has 0 saturated carbocycles. The Morgan fingerprint density at radius 2 is 2.27 bits per heavy atom. The first-order chi connectivity index (χ1) is 5.14. The number of nitrogens with zero attached hydrogens (tertiary/aromatic N) is 1. The van der Waals surface area contributed by atoms with Crippen molar-refractivity contribution in [2.45, 2.75) is 12.5 Å². The first kappa shape index (κ1) is 7.77. The smallest absolute Gasteiger partial charge is 0.0989 e. The summed E-state index contributed by atoms with van der Waals surface area (Å²) in [5, 5.41) is 8.60. The van der Waals surface area contributed by atoms with Crippen LogP contribution < -0.4 is 5.73 Å². The molecule has 1 atom stereocenters. The van der Waals surface area contributed by atoms with Crippen molar-refractivity contribution in [3.63, 3.8) is 0 Å². The van der Waals surface area contributed by atoms with Crippen molar-refractivity contribution < 1.29 is 0 Å². The van der Waals surface area contributed by atoms with Crippen molar-refractivity contribution in [1.82, 2.24) is 0 Å². The molecule has 0 saturated heterocycles. The molecule has 0 bridgehead atoms. The molecule has 0 aliphatic heterocycles. The van der Waals surface area contributed by atoms with Crippen LogP contribution in [0.1, 0.15) is 6.92 Å². The van der Waals surface area contributed by atoms with E-state index in [4.69, 9.17) is 11.0 Å². The van der Waals surface area contributed by atoms with Gasteiger partial charge < -0.3 is 5.73 Å². The summed E-state index contributed by atoms with van der Waals surface area (Å²) in [6, 6.07) is 2.05. The van der Waals surface area contributed by atoms with Crippen molar-refractivity contribution in [2.24, 2.45) is 5.73 Å². The van der Waals surface area contributed by atoms with Gasteiger partial charge in [0.1, 0.15) is 0 Å². The standard InChI is InChI=1S/C9H10N2/c1-9(11)5-3-2-4-8(6-9)7-10/h2-6H,11H2,1H3/t9-/m0/s1. The number of nitrogens with two attached hydrogens (primary N) is 1. The molecule has 0 aromatic heterocycles. The molecule has 0 aromatic rings. The fourth-order valence-corrected chi connectivity index (χ4v) is 0.923. The highest BCUT2D eigenvalue weighted by Crippen LogP contribution is 2.11. The normalized spacial score (nSPS) is 29.0. The molecule has 1 rings (SSSR count). The Labute approximate surface area is 66.3 Å². The first-order valence-corrected chi connectivity index (χ1v) is 3.42. The molecule has 0 amide bonds. The van der Waals surface area contributed by atoms with Gasteiger partial charge in [-0.1, -0.05) is 18.2 Å². The summed E-state index contributed by atoms with van der Waals surface area (Å²) in [5.41, 5.74) is 5.91. The minimum Gasteiger partial charge on any atom is -0.319 e. The lowest BCUT2D eigenvalue weighted by molar-refractivity contribution is 0.734. The van der Waals surface area contributed by atoms with Gasteiger partial charge in [0.05, 0.1) is 17.2 Å². The highest BCUT2D eigenvalue weighted by Gasteiger charge is 2.11. The Morgan fingerprint density at radius 3 is 2.91 bits per heavy atom. The molecular weight excluding hydrogens is 136 g/mol. The average molecular weight is 146 g/mol. The third kappa shape index (κ3) is 2.06. The van der Waals surface area contributed by atoms with Crippen molar-refractivity contribution in [3.8, 4) is 6.07 Å². The second-order valence-corrected chi connectivity index (χ2v) is 2.80. The summed E-state index contributed by atoms with van der Waals surface area (Å²) in [4.78, 5) is 0. The maximum absolute atomic E-state index is 8.60. The van der Waals surface area contributed by atoms with Crippen LogP contribution in [0, 0.1) is 11.3 Å². The molecule has 0 fully saturated rings. The van der Waals surface area contributed by atoms with Crippen LogP contribution in [-0.2, 0) is 0 Å². The maximum atomic E-state index is 8.60. The molecule has 0 heterocycles. The Balaban J connectivity index is 3.02. The van der Waals surface area contributed by atoms with Gasteiger partial charge in [0.2, 0.25) is 0 Å². The second kappa shape index (κ2) is 2.73. The molecular formula is C9H10N2. The van der Waals surface area contributed by atoms with E-state index in [0.29, 0.717) is 5.57 Å². The third-order valence-corrected chi connectivity index (χ3v) is 1.44. The van der Waals surface area contributed by atoms with E-state index in [2.05, 4.69) is 6.07 Å². The van der Waals surface area contributed by atoms with E-state index in [0.717, 1.165) is 0 Å². The van der Waals surface area contributed by atoms with Crippen LogP contribution >= 0.6 is 0 Å². The maximum Gasteiger partial charge on any atom is 0.0989 e. The number of nitriles is 1. The van der Waals surface area contributed by atoms with Gasteiger partial charge in [0.15, 0.2) is 0 Å². The summed E-state index contributed by atoms with van der Waals surface area (Å²) < 4.78 is 0. The molecule has 56 valence electrons. The van der Waals surface area contributed by atoms with E-state index in [1.54, 1.807) is 12.2 Å². The van der Waals surface area contributed by atoms with Crippen molar-refractivity contribution in [1.29, 1.82) is 5.26 Å². The molecule has 1 aliphatic carbocycles. The molecule has 11 heavy (non-hydrogen) atoms. The lowest BCUT2D eigenvalue weighted by Crippen LogP contribution is -2.30. The largest absolute Gasteiger partial charge is 0.319 e. The van der Waals surface area contributed by atoms with Crippen LogP contribution in [0.4, 0.5) is 0 Å². The van der Waals surface area contributed by atoms with Gasteiger partial charge in [-0.15, -0.1) is 0 Å². The van der Waals surface area contributed by atoms with E-state index in [9.17, 15) is 0 Å². The predicted octanol–water partition coefficient (Wildman–Crippen LogP) is 1.28. The number of hydrogen-bond donors (Lipinski definition) is 1. The highest BCUT2D eigenvalue weighted by atomic mass is 14.7. The van der Waals surface area contributed by atoms with Gasteiger partial charge in [0.25, 0.3) is 0 Å². The summed E-state index contributed by atoms with van der Waals surface area (Å²) in [7, 11) is 0. The van der Waals surface area contributed by atoms with E-state index >= 15 is 0 Å². The quantitative estimate of drug-likeness (QED) is 0.559. The van der Waals surface area contributed by atoms with Crippen LogP contribution in [0.5, 0.6) is 0 Å². The molecule has 0 radical (unpaired) electrons. The van der Waals surface area contributed by atoms with Gasteiger partial charge in [-0.3, -0.25) is 0 Å². The zero-order chi connectivity index (χ0) is 8.32. The van der Waals surface area contributed by atoms with E-state index < -0.39 is 5.54 Å². The molecule has 2 N–H and O–H groups in total. The molecule has 0 aromatic carbocycles. The van der Waals surface area contributed by atoms with E-state index in [1.165, 1.54) is 0 Å². The zero-order valence-electron chi connectivity index (χ0n) is 6.41. The Kier molecular flexibility index (Phi) is 1.93. The minimum absolute atomic E-state index is 0.492. The molecule has 2 nitrogen and oxygen atoms in total. The number of hydrogen-bond acceptors (Lipinski definition) is 2. The van der Waals surface area contributed by atoms with Crippen molar-refractivity contribution in [3.05, 3.63) is 36.0 Å². The van der Waals surface area contributed by atoms with Crippen molar-refractivity contribution in [2.75, 3.05) is 0 Å². The SMILES string of the molecule is C[C@]1(N)C=CC=CC(C#N)=C1. The van der Waals surface area contributed by atoms with E-state index in [-0.39, 0.29) is 0 Å². The molecule has 0 unspecified atom stereocenters. The molecule has 0 spiro atoms. The fraction of sp³-hybridized carbons (Fsp3) is 0.222. The lowest BCUT2D eigenvalue weighted by Gasteiger charge is -2.13. The van der Waals surface area contributed by atoms with Crippen LogP contribution in [-0.4, -0.2) is 5.54 Å². The molecule has 1 aliphatic rings. The summed E-state index contributed by atoms with van der Waals surface area (Å²) >= 11 is 0. The average Bonchev–Trinajstić information content (AvgIpc) is 2.10. The Bertz CT molecular complexity index is 274. The van der Waals surface area contributed by atoms with Gasteiger partial charge >= 0.3 is 0 Å². The van der Waals surface area contributed by atoms with E-state index in [1.807, 2.05) is 25.2 Å². The Morgan fingerprint density at radius 1 is 1.55 bits per heavy atom.